The van der Waals surface area contributed by atoms with Crippen molar-refractivity contribution in [2.75, 3.05) is 0 Å². The van der Waals surface area contributed by atoms with Gasteiger partial charge >= 0.3 is 26.2 Å². The summed E-state index contributed by atoms with van der Waals surface area (Å²) < 4.78 is 3.88. The first kappa shape index (κ1) is 15.7. The molecule has 0 aliphatic carbocycles. The third-order valence-corrected chi connectivity index (χ3v) is 0. The molecular formula is H5BiBr2OS. The van der Waals surface area contributed by atoms with Crippen molar-refractivity contribution >= 4 is 72.2 Å². The van der Waals surface area contributed by atoms with Gasteiger partial charge in [0.15, 0.2) is 0 Å². The van der Waals surface area contributed by atoms with Crippen molar-refractivity contribution < 1.29 is 2.92 Å². The molecule has 0 amide bonds. The van der Waals surface area contributed by atoms with Gasteiger partial charge in [0.05, 0.1) is 0 Å². The van der Waals surface area contributed by atoms with Gasteiger partial charge in [0.1, 0.15) is 32.5 Å². The molecule has 0 N–H and O–H groups in total. The molecule has 0 saturated carbocycles. The predicted molar refractivity (Wildman–Crippen MR) is 39.3 cm³/mol. The Labute approximate surface area is 74.3 Å². The summed E-state index contributed by atoms with van der Waals surface area (Å²) in [6.45, 7) is 0. The molecule has 0 radical (unpaired) electrons. The topological polar surface area (TPSA) is 9.23 Å². The summed E-state index contributed by atoms with van der Waals surface area (Å²) in [4.78, 5) is 0. The van der Waals surface area contributed by atoms with Crippen LogP contribution < -0.4 is 0 Å². The van der Waals surface area contributed by atoms with Crippen LogP contribution in [0, 0.1) is 0 Å². The van der Waals surface area contributed by atoms with Crippen LogP contribution in [-0.4, -0.2) is 26.2 Å². The van der Waals surface area contributed by atoms with E-state index in [9.17, 15) is 0 Å². The fraction of sp³-hybridized carbons (Fsp3) is 0. The Bertz CT molecular complexity index is 9.61. The molecule has 0 bridgehead atoms. The summed E-state index contributed by atoms with van der Waals surface area (Å²) in [5.74, 6) is 0. The third-order valence-electron chi connectivity index (χ3n) is 0. The minimum absolute atomic E-state index is 0. The van der Waals surface area contributed by atoms with Crippen LogP contribution in [0.2, 0.25) is 0 Å². The molecule has 0 aromatic heterocycles. The quantitative estimate of drug-likeness (QED) is 0.519. The molecule has 1 nitrogen and oxygen atoms in total. The van der Waals surface area contributed by atoms with E-state index in [1.807, 2.05) is 0 Å². The van der Waals surface area contributed by atoms with Crippen LogP contribution in [0.25, 0.3) is 0 Å². The van der Waals surface area contributed by atoms with E-state index >= 15 is 0 Å². The van der Waals surface area contributed by atoms with E-state index in [-0.39, 0.29) is 39.7 Å². The first-order chi connectivity index (χ1) is 1.41. The van der Waals surface area contributed by atoms with Crippen LogP contribution in [0.5, 0.6) is 0 Å². The van der Waals surface area contributed by atoms with Crippen LogP contribution in [0.15, 0.2) is 0 Å². The van der Waals surface area contributed by atoms with Crippen LogP contribution >= 0.6 is 46.0 Å². The summed E-state index contributed by atoms with van der Waals surface area (Å²) >= 11 is 5.12. The van der Waals surface area contributed by atoms with Gasteiger partial charge in [0.2, 0.25) is 0 Å². The zero-order valence-electron chi connectivity index (χ0n) is 2.37. The molecule has 5 heavy (non-hydrogen) atoms. The second kappa shape index (κ2) is 16.4. The number of halogens is 2. The van der Waals surface area contributed by atoms with Crippen molar-refractivity contribution in [2.24, 2.45) is 0 Å². The molecule has 0 unspecified atom stereocenters. The minimum atomic E-state index is 0. The van der Waals surface area contributed by atoms with E-state index < -0.39 is 0 Å². The van der Waals surface area contributed by atoms with Crippen molar-refractivity contribution in [2.45, 2.75) is 0 Å². The molecule has 0 aromatic rings. The van der Waals surface area contributed by atoms with Gasteiger partial charge in [-0.2, -0.15) is 13.5 Å². The van der Waals surface area contributed by atoms with E-state index in [4.69, 9.17) is 0 Å². The molecule has 36 valence electrons. The molecule has 0 saturated heterocycles. The van der Waals surface area contributed by atoms with E-state index in [0.29, 0.717) is 0 Å². The summed E-state index contributed by atoms with van der Waals surface area (Å²) in [6, 6.07) is 0. The van der Waals surface area contributed by atoms with Crippen molar-refractivity contribution in [1.82, 2.24) is 0 Å². The summed E-state index contributed by atoms with van der Waals surface area (Å²) in [6.07, 6.45) is 0. The van der Waals surface area contributed by atoms with E-state index in [1.54, 1.807) is 0 Å². The van der Waals surface area contributed by atoms with Crippen molar-refractivity contribution in [3.05, 3.63) is 0 Å². The van der Waals surface area contributed by atoms with Gasteiger partial charge in [-0.3, -0.25) is 0 Å². The molecule has 0 atom stereocenters. The normalized spacial score (nSPS) is 3.60. The standard InChI is InChI=1S/Bi.Br2O.H2S.3H/c;1-3-2;;;;/h;;1H2;;;. The average molecular weight is 422 g/mol. The van der Waals surface area contributed by atoms with Crippen molar-refractivity contribution in [3.8, 4) is 0 Å². The zero-order valence-corrected chi connectivity index (χ0v) is 12.0. The Balaban J connectivity index is -0.0000000200. The van der Waals surface area contributed by atoms with Gasteiger partial charge in [-0.1, -0.05) is 0 Å². The Hall–Kier alpha value is 2.15. The Kier molecular flexibility index (Phi) is 51.6. The first-order valence-corrected chi connectivity index (χ1v) is 1.60. The number of rotatable bonds is 0. The van der Waals surface area contributed by atoms with Crippen LogP contribution in [0.1, 0.15) is 0 Å². The van der Waals surface area contributed by atoms with Gasteiger partial charge in [-0.25, -0.2) is 2.92 Å². The van der Waals surface area contributed by atoms with Gasteiger partial charge in [-0.05, 0) is 0 Å². The molecule has 0 aliphatic heterocycles. The molecule has 0 heterocycles. The molecule has 5 heteroatoms. The number of hydrogen-bond donors (Lipinski definition) is 0. The van der Waals surface area contributed by atoms with Gasteiger partial charge in [0.25, 0.3) is 0 Å². The predicted octanol–water partition coefficient (Wildman–Crippen LogP) is 0.552. The first-order valence-electron chi connectivity index (χ1n) is 0.309. The fourth-order valence-corrected chi connectivity index (χ4v) is 0. The number of hydrogen-bond acceptors (Lipinski definition) is 1. The molecule has 0 rings (SSSR count). The Morgan fingerprint density at radius 3 is 1.20 bits per heavy atom. The van der Waals surface area contributed by atoms with E-state index in [2.05, 4.69) is 35.4 Å². The second-order valence-corrected chi connectivity index (χ2v) is 1.57. The SMILES string of the molecule is BrOBr.S.[BiH3]. The van der Waals surface area contributed by atoms with E-state index in [0.717, 1.165) is 0 Å². The molecule has 0 aromatic carbocycles. The van der Waals surface area contributed by atoms with Crippen LogP contribution in [0.4, 0.5) is 0 Å². The van der Waals surface area contributed by atoms with Gasteiger partial charge in [0, 0.05) is 0 Å². The summed E-state index contributed by atoms with van der Waals surface area (Å²) in [7, 11) is 0. The monoisotopic (exact) mass is 420 g/mol. The van der Waals surface area contributed by atoms with Gasteiger partial charge < -0.3 is 0 Å². The molecule has 0 spiro atoms. The van der Waals surface area contributed by atoms with Crippen LogP contribution in [-0.2, 0) is 2.92 Å². The zero-order chi connectivity index (χ0) is 2.71. The van der Waals surface area contributed by atoms with Crippen LogP contribution in [0.3, 0.4) is 0 Å². The second-order valence-electron chi connectivity index (χ2n) is 0.0583. The average Bonchev–Trinajstić information content (AvgIpc) is 0.918. The third kappa shape index (κ3) is 22.9. The fourth-order valence-electron chi connectivity index (χ4n) is 0. The molecule has 0 fully saturated rings. The molecule has 0 aliphatic rings. The molecular weight excluding hydrogens is 417 g/mol. The Morgan fingerprint density at radius 2 is 1.20 bits per heavy atom. The Morgan fingerprint density at radius 1 is 1.20 bits per heavy atom. The summed E-state index contributed by atoms with van der Waals surface area (Å²) in [5, 5.41) is 0. The maximum atomic E-state index is 3.88. The van der Waals surface area contributed by atoms with Gasteiger partial charge in [-0.15, -0.1) is 0 Å². The van der Waals surface area contributed by atoms with Crippen molar-refractivity contribution in [1.29, 1.82) is 0 Å². The summed E-state index contributed by atoms with van der Waals surface area (Å²) in [5.41, 5.74) is 0. The maximum absolute atomic E-state index is 3.88. The van der Waals surface area contributed by atoms with Crippen molar-refractivity contribution in [3.63, 3.8) is 0 Å². The van der Waals surface area contributed by atoms with E-state index in [1.165, 1.54) is 0 Å².